The van der Waals surface area contributed by atoms with E-state index in [1.54, 1.807) is 0 Å². The van der Waals surface area contributed by atoms with Crippen molar-refractivity contribution in [3.05, 3.63) is 58.1 Å². The van der Waals surface area contributed by atoms with Gasteiger partial charge in [0.1, 0.15) is 0 Å². The summed E-state index contributed by atoms with van der Waals surface area (Å²) in [5.74, 6) is 1.06. The van der Waals surface area contributed by atoms with E-state index < -0.39 is 5.79 Å². The largest absolute Gasteiger partial charge is 0.444 e. The summed E-state index contributed by atoms with van der Waals surface area (Å²) < 4.78 is 13.4. The highest BCUT2D eigenvalue weighted by atomic mass is 79.9. The van der Waals surface area contributed by atoms with Gasteiger partial charge in [-0.25, -0.2) is 0 Å². The van der Waals surface area contributed by atoms with Gasteiger partial charge in [-0.1, -0.05) is 34.1 Å². The lowest BCUT2D eigenvalue weighted by molar-refractivity contribution is -0.0992. The zero-order valence-corrected chi connectivity index (χ0v) is 11.9. The fourth-order valence-corrected chi connectivity index (χ4v) is 3.34. The predicted octanol–water partition coefficient (Wildman–Crippen LogP) is 4.41. The number of halogens is 1. The Bertz CT molecular complexity index is 626. The smallest absolute Gasteiger partial charge is 0.278 e. The molecular formula is C16H13BrO2. The van der Waals surface area contributed by atoms with E-state index in [0.29, 0.717) is 0 Å². The summed E-state index contributed by atoms with van der Waals surface area (Å²) in [4.78, 5) is 0. The van der Waals surface area contributed by atoms with Gasteiger partial charge in [-0.15, -0.1) is 0 Å². The second-order valence-corrected chi connectivity index (χ2v) is 5.97. The van der Waals surface area contributed by atoms with Crippen LogP contribution in [0.15, 0.2) is 46.9 Å². The highest BCUT2D eigenvalue weighted by Crippen LogP contribution is 2.49. The molecule has 0 amide bonds. The van der Waals surface area contributed by atoms with Crippen molar-refractivity contribution >= 4 is 15.9 Å². The summed E-state index contributed by atoms with van der Waals surface area (Å²) in [6.45, 7) is 0. The number of rotatable bonds is 0. The van der Waals surface area contributed by atoms with E-state index in [9.17, 15) is 0 Å². The molecule has 1 aliphatic heterocycles. The van der Waals surface area contributed by atoms with Gasteiger partial charge in [0, 0.05) is 16.5 Å². The Balaban J connectivity index is 1.85. The van der Waals surface area contributed by atoms with E-state index in [2.05, 4.69) is 34.1 Å². The highest BCUT2D eigenvalue weighted by Gasteiger charge is 2.46. The Morgan fingerprint density at radius 3 is 2.47 bits per heavy atom. The van der Waals surface area contributed by atoms with Gasteiger partial charge in [-0.05, 0) is 42.7 Å². The van der Waals surface area contributed by atoms with Crippen molar-refractivity contribution in [1.82, 2.24) is 0 Å². The fraction of sp³-hybridized carbons (Fsp3) is 0.250. The van der Waals surface area contributed by atoms with E-state index in [4.69, 9.17) is 9.47 Å². The minimum atomic E-state index is -0.624. The summed E-state index contributed by atoms with van der Waals surface area (Å²) in [6.07, 6.45) is 3.07. The first kappa shape index (κ1) is 11.4. The first-order valence-electron chi connectivity index (χ1n) is 6.53. The quantitative estimate of drug-likeness (QED) is 0.716. The summed E-state index contributed by atoms with van der Waals surface area (Å²) in [5, 5.41) is 0. The van der Waals surface area contributed by atoms with Crippen molar-refractivity contribution in [1.29, 1.82) is 0 Å². The maximum absolute atomic E-state index is 6.17. The zero-order valence-electron chi connectivity index (χ0n) is 10.4. The number of ether oxygens (including phenoxy) is 2. The second kappa shape index (κ2) is 4.01. The number of para-hydroxylation sites is 2. The van der Waals surface area contributed by atoms with Crippen LogP contribution in [0.3, 0.4) is 0 Å². The van der Waals surface area contributed by atoms with Crippen molar-refractivity contribution in [2.75, 3.05) is 0 Å². The molecule has 1 heterocycles. The van der Waals surface area contributed by atoms with Gasteiger partial charge < -0.3 is 9.47 Å². The molecule has 0 saturated carbocycles. The van der Waals surface area contributed by atoms with Crippen LogP contribution in [0.4, 0.5) is 0 Å². The van der Waals surface area contributed by atoms with E-state index in [0.717, 1.165) is 40.8 Å². The Morgan fingerprint density at radius 2 is 1.74 bits per heavy atom. The highest BCUT2D eigenvalue weighted by molar-refractivity contribution is 9.10. The van der Waals surface area contributed by atoms with Crippen LogP contribution in [-0.4, -0.2) is 0 Å². The molecule has 2 aromatic rings. The molecule has 0 atom stereocenters. The van der Waals surface area contributed by atoms with Gasteiger partial charge in [0.25, 0.3) is 5.79 Å². The molecule has 0 saturated heterocycles. The molecule has 2 aliphatic rings. The average molecular weight is 317 g/mol. The lowest BCUT2D eigenvalue weighted by Gasteiger charge is -2.33. The van der Waals surface area contributed by atoms with Gasteiger partial charge >= 0.3 is 0 Å². The Labute approximate surface area is 120 Å². The van der Waals surface area contributed by atoms with Crippen LogP contribution in [0.2, 0.25) is 0 Å². The normalized spacial score (nSPS) is 18.4. The van der Waals surface area contributed by atoms with Gasteiger partial charge in [0.2, 0.25) is 0 Å². The third kappa shape index (κ3) is 1.68. The Kier molecular flexibility index (Phi) is 2.39. The molecule has 1 aliphatic carbocycles. The van der Waals surface area contributed by atoms with Crippen LogP contribution in [0.25, 0.3) is 0 Å². The van der Waals surface area contributed by atoms with Crippen LogP contribution in [0.5, 0.6) is 11.5 Å². The standard InChI is InChI=1S/C16H13BrO2/c17-12-8-7-11-4-3-9-16(13(11)10-12)18-14-5-1-2-6-15(14)19-16/h1-2,5-8,10H,3-4,9H2. The zero-order chi connectivity index (χ0) is 12.9. The number of aryl methyl sites for hydroxylation is 1. The van der Waals surface area contributed by atoms with Crippen molar-refractivity contribution < 1.29 is 9.47 Å². The molecule has 0 radical (unpaired) electrons. The third-order valence-electron chi connectivity index (χ3n) is 3.83. The molecule has 1 spiro atoms. The van der Waals surface area contributed by atoms with Crippen LogP contribution in [0, 0.1) is 0 Å². The number of fused-ring (bicyclic) bond motifs is 3. The molecule has 0 aromatic heterocycles. The van der Waals surface area contributed by atoms with E-state index in [-0.39, 0.29) is 0 Å². The lowest BCUT2D eigenvalue weighted by Crippen LogP contribution is -2.39. The fourth-order valence-electron chi connectivity index (χ4n) is 2.97. The van der Waals surface area contributed by atoms with Gasteiger partial charge in [-0.3, -0.25) is 0 Å². The number of hydrogen-bond donors (Lipinski definition) is 0. The molecule has 3 heteroatoms. The maximum atomic E-state index is 6.17. The van der Waals surface area contributed by atoms with Gasteiger partial charge in [0.05, 0.1) is 0 Å². The monoisotopic (exact) mass is 316 g/mol. The lowest BCUT2D eigenvalue weighted by atomic mass is 9.86. The molecule has 2 aromatic carbocycles. The SMILES string of the molecule is Brc1ccc2c(c1)C1(CCC2)Oc2ccccc2O1. The summed E-state index contributed by atoms with van der Waals surface area (Å²) in [6, 6.07) is 14.3. The van der Waals surface area contributed by atoms with Crippen molar-refractivity contribution in [3.63, 3.8) is 0 Å². The molecule has 19 heavy (non-hydrogen) atoms. The molecule has 0 bridgehead atoms. The molecule has 4 rings (SSSR count). The van der Waals surface area contributed by atoms with Crippen molar-refractivity contribution in [2.24, 2.45) is 0 Å². The molecule has 96 valence electrons. The minimum absolute atomic E-state index is 0.624. The first-order chi connectivity index (χ1) is 9.27. The number of hydrogen-bond acceptors (Lipinski definition) is 2. The first-order valence-corrected chi connectivity index (χ1v) is 7.32. The molecule has 0 N–H and O–H groups in total. The topological polar surface area (TPSA) is 18.5 Å². The Hall–Kier alpha value is -1.48. The van der Waals surface area contributed by atoms with Crippen LogP contribution >= 0.6 is 15.9 Å². The molecular weight excluding hydrogens is 304 g/mol. The summed E-state index contributed by atoms with van der Waals surface area (Å²) in [5.41, 5.74) is 2.48. The summed E-state index contributed by atoms with van der Waals surface area (Å²) >= 11 is 3.54. The third-order valence-corrected chi connectivity index (χ3v) is 4.33. The van der Waals surface area contributed by atoms with Gasteiger partial charge in [0.15, 0.2) is 11.5 Å². The molecule has 0 unspecified atom stereocenters. The molecule has 2 nitrogen and oxygen atoms in total. The molecule has 0 fully saturated rings. The van der Waals surface area contributed by atoms with Gasteiger partial charge in [-0.2, -0.15) is 0 Å². The van der Waals surface area contributed by atoms with Crippen LogP contribution in [-0.2, 0) is 12.2 Å². The number of benzene rings is 2. The Morgan fingerprint density at radius 1 is 1.00 bits per heavy atom. The van der Waals surface area contributed by atoms with Crippen LogP contribution < -0.4 is 9.47 Å². The van der Waals surface area contributed by atoms with E-state index >= 15 is 0 Å². The maximum Gasteiger partial charge on any atom is 0.278 e. The van der Waals surface area contributed by atoms with E-state index in [1.165, 1.54) is 5.56 Å². The van der Waals surface area contributed by atoms with E-state index in [1.807, 2.05) is 24.3 Å². The predicted molar refractivity (Wildman–Crippen MR) is 76.5 cm³/mol. The average Bonchev–Trinajstić information content (AvgIpc) is 2.79. The minimum Gasteiger partial charge on any atom is -0.444 e. The van der Waals surface area contributed by atoms with Crippen LogP contribution in [0.1, 0.15) is 24.0 Å². The van der Waals surface area contributed by atoms with Crippen molar-refractivity contribution in [3.8, 4) is 11.5 Å². The summed E-state index contributed by atoms with van der Waals surface area (Å²) in [7, 11) is 0. The van der Waals surface area contributed by atoms with Crippen molar-refractivity contribution in [2.45, 2.75) is 25.0 Å². The second-order valence-electron chi connectivity index (χ2n) is 5.06.